The van der Waals surface area contributed by atoms with Gasteiger partial charge in [0, 0.05) is 11.6 Å². The molecule has 0 aliphatic rings. The molecule has 0 saturated carbocycles. The fourth-order valence-electron chi connectivity index (χ4n) is 2.86. The summed E-state index contributed by atoms with van der Waals surface area (Å²) in [5.74, 6) is 0. The number of nitrogens with one attached hydrogen (secondary N) is 1. The predicted octanol–water partition coefficient (Wildman–Crippen LogP) is 5.10. The Labute approximate surface area is 146 Å². The molecule has 0 bridgehead atoms. The van der Waals surface area contributed by atoms with Crippen LogP contribution < -0.4 is 0 Å². The lowest BCUT2D eigenvalue weighted by Crippen LogP contribution is -1.86. The highest BCUT2D eigenvalue weighted by Gasteiger charge is 2.03. The first kappa shape index (κ1) is 15.1. The molecule has 25 heavy (non-hydrogen) atoms. The van der Waals surface area contributed by atoms with Gasteiger partial charge in [0.15, 0.2) is 5.65 Å². The molecule has 0 atom stereocenters. The fraction of sp³-hybridized carbons (Fsp3) is 0. The maximum Gasteiger partial charge on any atom is 0.155 e. The number of aromatic amines is 1. The number of hydrogen-bond acceptors (Lipinski definition) is 2. The summed E-state index contributed by atoms with van der Waals surface area (Å²) in [5, 5.41) is 7.99. The minimum Gasteiger partial charge on any atom is -0.261 e. The van der Waals surface area contributed by atoms with Crippen molar-refractivity contribution in [2.75, 3.05) is 0 Å². The lowest BCUT2D eigenvalue weighted by Gasteiger charge is -2.07. The molecule has 3 nitrogen and oxygen atoms in total. The number of nitrogens with zero attached hydrogens (tertiary/aromatic N) is 2. The molecule has 0 radical (unpaired) electrons. The molecule has 0 aliphatic carbocycles. The van der Waals surface area contributed by atoms with Crippen LogP contribution in [-0.4, -0.2) is 15.2 Å². The van der Waals surface area contributed by atoms with Gasteiger partial charge >= 0.3 is 0 Å². The van der Waals surface area contributed by atoms with Crippen LogP contribution in [-0.2, 0) is 0 Å². The predicted molar refractivity (Wildman–Crippen MR) is 103 cm³/mol. The lowest BCUT2D eigenvalue weighted by atomic mass is 9.97. The molecular weight excluding hydrogens is 306 g/mol. The van der Waals surface area contributed by atoms with Crippen molar-refractivity contribution in [2.24, 2.45) is 0 Å². The fourth-order valence-corrected chi connectivity index (χ4v) is 2.86. The van der Waals surface area contributed by atoms with Crippen LogP contribution in [0.25, 0.3) is 22.7 Å². The van der Waals surface area contributed by atoms with Gasteiger partial charge in [0.1, 0.15) is 0 Å². The smallest absolute Gasteiger partial charge is 0.155 e. The molecule has 2 heterocycles. The third kappa shape index (κ3) is 3.26. The second-order valence-corrected chi connectivity index (χ2v) is 5.70. The average Bonchev–Trinajstić information content (AvgIpc) is 3.16. The van der Waals surface area contributed by atoms with E-state index in [1.54, 1.807) is 12.4 Å². The third-order valence-electron chi connectivity index (χ3n) is 4.10. The van der Waals surface area contributed by atoms with E-state index >= 15 is 0 Å². The summed E-state index contributed by atoms with van der Waals surface area (Å²) in [6.45, 7) is 0. The van der Waals surface area contributed by atoms with Crippen LogP contribution in [0.4, 0.5) is 0 Å². The number of allylic oxidation sites excluding steroid dienone is 2. The molecule has 0 unspecified atom stereocenters. The number of aromatic nitrogens is 3. The van der Waals surface area contributed by atoms with E-state index in [-0.39, 0.29) is 0 Å². The topological polar surface area (TPSA) is 41.6 Å². The maximum absolute atomic E-state index is 4.27. The number of H-pyrrole nitrogens is 1. The van der Waals surface area contributed by atoms with Crippen LogP contribution in [0.1, 0.15) is 16.7 Å². The number of fused-ring (bicyclic) bond motifs is 1. The zero-order chi connectivity index (χ0) is 16.9. The summed E-state index contributed by atoms with van der Waals surface area (Å²) < 4.78 is 0. The molecule has 0 amide bonds. The van der Waals surface area contributed by atoms with Gasteiger partial charge in [0.2, 0.25) is 0 Å². The molecule has 3 heteroatoms. The summed E-state index contributed by atoms with van der Waals surface area (Å²) in [6, 6.07) is 22.8. The van der Waals surface area contributed by atoms with Gasteiger partial charge in [-0.2, -0.15) is 5.10 Å². The molecule has 4 rings (SSSR count). The van der Waals surface area contributed by atoms with Crippen molar-refractivity contribution in [1.82, 2.24) is 15.2 Å². The van der Waals surface area contributed by atoms with Crippen LogP contribution in [0.2, 0.25) is 0 Å². The second kappa shape index (κ2) is 6.97. The molecule has 2 aromatic heterocycles. The van der Waals surface area contributed by atoms with Crippen LogP contribution >= 0.6 is 0 Å². The Balaban J connectivity index is 1.74. The Hall–Kier alpha value is -3.46. The van der Waals surface area contributed by atoms with Gasteiger partial charge in [0.05, 0.1) is 6.20 Å². The van der Waals surface area contributed by atoms with Crippen LogP contribution in [0, 0.1) is 0 Å². The van der Waals surface area contributed by atoms with Crippen molar-refractivity contribution >= 4 is 22.7 Å². The SMILES string of the molecule is C(/C=C/c1ccnc2[nH]ncc12)=C(c1ccccc1)c1ccccc1. The minimum atomic E-state index is 0.803. The van der Waals surface area contributed by atoms with Gasteiger partial charge in [-0.3, -0.25) is 5.10 Å². The van der Waals surface area contributed by atoms with E-state index in [2.05, 4.69) is 81.9 Å². The number of rotatable bonds is 4. The number of benzene rings is 2. The molecule has 1 N–H and O–H groups in total. The summed E-state index contributed by atoms with van der Waals surface area (Å²) >= 11 is 0. The van der Waals surface area contributed by atoms with Crippen molar-refractivity contribution in [3.63, 3.8) is 0 Å². The summed E-state index contributed by atoms with van der Waals surface area (Å²) in [6.07, 6.45) is 9.92. The molecule has 0 spiro atoms. The van der Waals surface area contributed by atoms with Crippen molar-refractivity contribution in [2.45, 2.75) is 0 Å². The van der Waals surface area contributed by atoms with E-state index in [0.29, 0.717) is 0 Å². The average molecular weight is 323 g/mol. The molecule has 2 aromatic carbocycles. The molecule has 4 aromatic rings. The molecule has 0 aliphatic heterocycles. The maximum atomic E-state index is 4.27. The van der Waals surface area contributed by atoms with Gasteiger partial charge in [-0.25, -0.2) is 4.98 Å². The zero-order valence-corrected chi connectivity index (χ0v) is 13.6. The van der Waals surface area contributed by atoms with Crippen LogP contribution in [0.5, 0.6) is 0 Å². The Morgan fingerprint density at radius 2 is 1.52 bits per heavy atom. The van der Waals surface area contributed by atoms with Gasteiger partial charge in [-0.1, -0.05) is 78.9 Å². The van der Waals surface area contributed by atoms with Gasteiger partial charge < -0.3 is 0 Å². The van der Waals surface area contributed by atoms with Crippen molar-refractivity contribution in [3.8, 4) is 0 Å². The molecular formula is C22H17N3. The van der Waals surface area contributed by atoms with Gasteiger partial charge in [0.25, 0.3) is 0 Å². The quantitative estimate of drug-likeness (QED) is 0.531. The van der Waals surface area contributed by atoms with Crippen molar-refractivity contribution < 1.29 is 0 Å². The Morgan fingerprint density at radius 1 is 0.840 bits per heavy atom. The number of pyridine rings is 1. The van der Waals surface area contributed by atoms with Crippen LogP contribution in [0.15, 0.2) is 91.3 Å². The monoisotopic (exact) mass is 323 g/mol. The van der Waals surface area contributed by atoms with E-state index in [9.17, 15) is 0 Å². The molecule has 120 valence electrons. The zero-order valence-electron chi connectivity index (χ0n) is 13.6. The van der Waals surface area contributed by atoms with E-state index in [1.807, 2.05) is 18.2 Å². The van der Waals surface area contributed by atoms with Gasteiger partial charge in [-0.05, 0) is 28.3 Å². The summed E-state index contributed by atoms with van der Waals surface area (Å²) in [4.78, 5) is 4.27. The lowest BCUT2D eigenvalue weighted by molar-refractivity contribution is 1.10. The van der Waals surface area contributed by atoms with Crippen molar-refractivity contribution in [1.29, 1.82) is 0 Å². The Bertz CT molecular complexity index is 987. The third-order valence-corrected chi connectivity index (χ3v) is 4.10. The Morgan fingerprint density at radius 3 is 2.20 bits per heavy atom. The number of hydrogen-bond donors (Lipinski definition) is 1. The van der Waals surface area contributed by atoms with E-state index in [0.717, 1.165) is 16.6 Å². The minimum absolute atomic E-state index is 0.803. The first-order valence-electron chi connectivity index (χ1n) is 8.19. The van der Waals surface area contributed by atoms with Crippen LogP contribution in [0.3, 0.4) is 0 Å². The molecule has 0 saturated heterocycles. The highest BCUT2D eigenvalue weighted by Crippen LogP contribution is 2.23. The summed E-state index contributed by atoms with van der Waals surface area (Å²) in [5.41, 5.74) is 5.48. The molecule has 0 fully saturated rings. The highest BCUT2D eigenvalue weighted by molar-refractivity contribution is 5.86. The Kier molecular flexibility index (Phi) is 4.21. The first-order valence-corrected chi connectivity index (χ1v) is 8.19. The largest absolute Gasteiger partial charge is 0.261 e. The van der Waals surface area contributed by atoms with E-state index in [4.69, 9.17) is 0 Å². The second-order valence-electron chi connectivity index (χ2n) is 5.70. The van der Waals surface area contributed by atoms with E-state index < -0.39 is 0 Å². The highest BCUT2D eigenvalue weighted by atomic mass is 15.1. The first-order chi connectivity index (χ1) is 12.4. The van der Waals surface area contributed by atoms with Crippen molar-refractivity contribution in [3.05, 3.63) is 108 Å². The normalized spacial score (nSPS) is 11.0. The van der Waals surface area contributed by atoms with Gasteiger partial charge in [-0.15, -0.1) is 0 Å². The van der Waals surface area contributed by atoms with E-state index in [1.165, 1.54) is 16.7 Å². The standard InChI is InChI=1S/C22H17N3/c1-3-8-17(9-4-1)20(18-10-5-2-6-11-18)13-7-12-19-14-15-23-22-21(19)16-24-25-22/h1-16H,(H,23,24,25)/b12-7+. The summed E-state index contributed by atoms with van der Waals surface area (Å²) in [7, 11) is 0.